The van der Waals surface area contributed by atoms with Crippen LogP contribution in [0.4, 0.5) is 5.69 Å². The number of nitrogens with zero attached hydrogens (tertiary/aromatic N) is 1. The summed E-state index contributed by atoms with van der Waals surface area (Å²) in [6, 6.07) is 9.13. The molecule has 2 heteroatoms. The monoisotopic (exact) mass is 657 g/mol. The summed E-state index contributed by atoms with van der Waals surface area (Å²) in [6.45, 7) is 4.00. The Kier molecular flexibility index (Phi) is 3.54. The highest BCUT2D eigenvalue weighted by Gasteiger charge is 2.88. The maximum Gasteiger partial charge on any atom is 0.115 e. The Morgan fingerprint density at radius 2 is 1.40 bits per heavy atom. The molecule has 1 aromatic rings. The maximum absolute atomic E-state index is 10.3. The highest BCUT2D eigenvalue weighted by molar-refractivity contribution is 5.60. The van der Waals surface area contributed by atoms with Crippen LogP contribution >= 0.6 is 0 Å². The van der Waals surface area contributed by atoms with E-state index in [0.717, 1.165) is 148 Å². The number of phenolic OH excluding ortho intramolecular Hbond substituents is 1. The topological polar surface area (TPSA) is 23.5 Å². The van der Waals surface area contributed by atoms with Gasteiger partial charge in [-0.15, -0.1) is 0 Å². The van der Waals surface area contributed by atoms with Crippen LogP contribution in [0.15, 0.2) is 58.2 Å². The molecule has 1 heterocycles. The Labute approximate surface area is 296 Å². The number of benzene rings is 1. The van der Waals surface area contributed by atoms with E-state index < -0.39 is 0 Å². The van der Waals surface area contributed by atoms with Crippen molar-refractivity contribution in [2.75, 3.05) is 11.4 Å². The number of aromatic hydroxyl groups is 1. The first-order valence-corrected chi connectivity index (χ1v) is 22.3. The summed E-state index contributed by atoms with van der Waals surface area (Å²) in [7, 11) is 0. The van der Waals surface area contributed by atoms with Gasteiger partial charge in [0.2, 0.25) is 0 Å². The number of hydrogen-bond donors (Lipinski definition) is 1. The quantitative estimate of drug-likeness (QED) is 0.307. The molecule has 13 fully saturated rings. The van der Waals surface area contributed by atoms with Gasteiger partial charge in [0.15, 0.2) is 0 Å². The van der Waals surface area contributed by atoms with E-state index in [9.17, 15) is 5.11 Å². The van der Waals surface area contributed by atoms with Crippen molar-refractivity contribution in [2.45, 2.75) is 57.9 Å². The number of hydrogen-bond acceptors (Lipinski definition) is 2. The van der Waals surface area contributed by atoms with E-state index in [1.54, 1.807) is 25.7 Å². The Hall–Kier alpha value is -1.96. The van der Waals surface area contributed by atoms with Gasteiger partial charge in [-0.1, -0.05) is 33.9 Å². The molecule has 1 aliphatic heterocycles. The fourth-order valence-corrected chi connectivity index (χ4v) is 25.0. The molecule has 18 rings (SSSR count). The molecule has 0 radical (unpaired) electrons. The van der Waals surface area contributed by atoms with E-state index in [1.165, 1.54) is 31.5 Å². The van der Waals surface area contributed by atoms with E-state index in [1.807, 2.05) is 12.1 Å². The number of anilines is 1. The third-order valence-electron chi connectivity index (χ3n) is 23.9. The normalized spacial score (nSPS) is 69.9. The fourth-order valence-electron chi connectivity index (χ4n) is 25.0. The lowest BCUT2D eigenvalue weighted by Crippen LogP contribution is -2.60. The molecule has 1 spiro atoms. The summed E-state index contributed by atoms with van der Waals surface area (Å²) in [6.07, 6.45) is 14.0. The molecule has 2 nitrogen and oxygen atoms in total. The van der Waals surface area contributed by atoms with Gasteiger partial charge in [-0.2, -0.15) is 0 Å². The molecule has 254 valence electrons. The number of phenols is 1. The Balaban J connectivity index is 0.966. The second kappa shape index (κ2) is 7.04. The molecular formula is C48H51NO. The Morgan fingerprint density at radius 3 is 2.30 bits per heavy atom. The zero-order chi connectivity index (χ0) is 31.3. The molecule has 1 N–H and O–H groups in total. The minimum absolute atomic E-state index is 0.425. The van der Waals surface area contributed by atoms with Crippen LogP contribution in [0.5, 0.6) is 5.75 Å². The summed E-state index contributed by atoms with van der Waals surface area (Å²) in [5.74, 6) is 26.7. The van der Waals surface area contributed by atoms with Crippen LogP contribution in [0.3, 0.4) is 0 Å². The van der Waals surface area contributed by atoms with Crippen molar-refractivity contribution in [3.05, 3.63) is 58.2 Å². The van der Waals surface area contributed by atoms with E-state index in [-0.39, 0.29) is 0 Å². The standard InChI is InChI=1S/C48H51NO/c1-15-48-13-22-11-20-9-17-6-16-7-19-8-18-10-21-12-25(26(48)14-49(15)23-2-4-24(50)5-3-23)34-39-30(21)29(18)36-31(19)35-27(16)28(17)37-32(20)38-33(22)47(48)46(34)45-43(38)41(37)40(35)42(36)44(39)45/h2-5,7,15-18,20,22,26-29,31-33,35-47,50H,6,8-14H2,1H3. The van der Waals surface area contributed by atoms with Crippen molar-refractivity contribution in [1.82, 2.24) is 0 Å². The van der Waals surface area contributed by atoms with Gasteiger partial charge >= 0.3 is 0 Å². The minimum Gasteiger partial charge on any atom is -0.508 e. The molecule has 1 saturated heterocycles. The molecule has 17 aliphatic rings. The van der Waals surface area contributed by atoms with E-state index in [2.05, 4.69) is 57.9 Å². The van der Waals surface area contributed by atoms with E-state index in [0.29, 0.717) is 17.2 Å². The van der Waals surface area contributed by atoms with Crippen LogP contribution in [0.2, 0.25) is 0 Å². The predicted octanol–water partition coefficient (Wildman–Crippen LogP) is 8.46. The van der Waals surface area contributed by atoms with Crippen molar-refractivity contribution in [2.24, 2.45) is 153 Å². The Bertz CT molecular complexity index is 2070. The Morgan fingerprint density at radius 1 is 0.660 bits per heavy atom. The van der Waals surface area contributed by atoms with E-state index in [4.69, 9.17) is 0 Å². The third-order valence-corrected chi connectivity index (χ3v) is 23.9. The lowest BCUT2D eigenvalue weighted by molar-refractivity contribution is -0.145. The first kappa shape index (κ1) is 25.1. The zero-order valence-electron chi connectivity index (χ0n) is 29.4. The third kappa shape index (κ3) is 2.02. The highest BCUT2D eigenvalue weighted by atomic mass is 16.3. The van der Waals surface area contributed by atoms with Gasteiger partial charge in [0, 0.05) is 35.5 Å². The largest absolute Gasteiger partial charge is 0.508 e. The minimum atomic E-state index is 0.425. The second-order valence-electron chi connectivity index (χ2n) is 23.2. The average molecular weight is 658 g/mol. The SMILES string of the molecule is CC1N(c2ccc(O)cc2)CC2C3=C4C5C6=C(C3)CC3CC7=CC8CC9CC%10CC%11CC21C1C4C2C5C4C(C63)C7C3C8C9C5C%10C(C2C5C34)C%111. The summed E-state index contributed by atoms with van der Waals surface area (Å²) in [5.41, 5.74) is 12.5. The van der Waals surface area contributed by atoms with Crippen LogP contribution in [0, 0.1) is 153 Å². The van der Waals surface area contributed by atoms with Gasteiger partial charge in [-0.3, -0.25) is 0 Å². The van der Waals surface area contributed by atoms with Crippen molar-refractivity contribution in [3.8, 4) is 5.75 Å². The van der Waals surface area contributed by atoms with Gasteiger partial charge in [0.25, 0.3) is 0 Å². The van der Waals surface area contributed by atoms with Crippen LogP contribution in [0.1, 0.15) is 51.9 Å². The van der Waals surface area contributed by atoms with Crippen molar-refractivity contribution in [3.63, 3.8) is 0 Å². The van der Waals surface area contributed by atoms with Crippen LogP contribution < -0.4 is 4.90 Å². The smallest absolute Gasteiger partial charge is 0.115 e. The lowest BCUT2D eigenvalue weighted by Gasteiger charge is -2.62. The fraction of sp³-hybridized carbons (Fsp3) is 0.750. The van der Waals surface area contributed by atoms with Gasteiger partial charge < -0.3 is 10.0 Å². The second-order valence-corrected chi connectivity index (χ2v) is 23.2. The summed E-state index contributed by atoms with van der Waals surface area (Å²) >= 11 is 0. The molecule has 0 aromatic heterocycles. The first-order valence-electron chi connectivity index (χ1n) is 22.3. The molecule has 16 aliphatic carbocycles. The molecular weight excluding hydrogens is 607 g/mol. The molecule has 12 saturated carbocycles. The van der Waals surface area contributed by atoms with Crippen LogP contribution in [0.25, 0.3) is 0 Å². The van der Waals surface area contributed by atoms with Crippen molar-refractivity contribution < 1.29 is 5.11 Å². The van der Waals surface area contributed by atoms with Gasteiger partial charge in [0.1, 0.15) is 5.75 Å². The zero-order valence-corrected chi connectivity index (χ0v) is 29.4. The van der Waals surface area contributed by atoms with Crippen molar-refractivity contribution >= 4 is 5.69 Å². The van der Waals surface area contributed by atoms with Gasteiger partial charge in [-0.05, 0) is 212 Å². The van der Waals surface area contributed by atoms with Gasteiger partial charge in [0.05, 0.1) is 0 Å². The highest BCUT2D eigenvalue weighted by Crippen LogP contribution is 2.92. The number of fused-ring (bicyclic) bond motifs is 1. The van der Waals surface area contributed by atoms with Gasteiger partial charge in [-0.25, -0.2) is 0 Å². The maximum atomic E-state index is 10.3. The molecule has 0 amide bonds. The van der Waals surface area contributed by atoms with Crippen LogP contribution in [-0.2, 0) is 0 Å². The molecule has 27 unspecified atom stereocenters. The summed E-state index contributed by atoms with van der Waals surface area (Å²) in [4.78, 5) is 2.92. The number of rotatable bonds is 1. The predicted molar refractivity (Wildman–Crippen MR) is 189 cm³/mol. The lowest BCUT2D eigenvalue weighted by atomic mass is 9.42. The molecule has 1 aromatic carbocycles. The molecule has 50 heavy (non-hydrogen) atoms. The average Bonchev–Trinajstić information content (AvgIpc) is 3.96. The van der Waals surface area contributed by atoms with Crippen LogP contribution in [-0.4, -0.2) is 17.7 Å². The summed E-state index contributed by atoms with van der Waals surface area (Å²) < 4.78 is 0. The first-order chi connectivity index (χ1) is 24.6. The number of allylic oxidation sites excluding steroid dienone is 5. The molecule has 0 bridgehead atoms. The van der Waals surface area contributed by atoms with E-state index >= 15 is 0 Å². The summed E-state index contributed by atoms with van der Waals surface area (Å²) in [5, 5.41) is 10.3. The molecule has 27 atom stereocenters. The van der Waals surface area contributed by atoms with Crippen molar-refractivity contribution in [1.29, 1.82) is 0 Å².